The first-order valence-electron chi connectivity index (χ1n) is 5.92. The minimum absolute atomic E-state index is 0.113. The van der Waals surface area contributed by atoms with Crippen LogP contribution in [0.5, 0.6) is 0 Å². The van der Waals surface area contributed by atoms with Crippen molar-refractivity contribution in [2.45, 2.75) is 25.9 Å². The van der Waals surface area contributed by atoms with Crippen molar-refractivity contribution in [2.75, 3.05) is 18.0 Å². The van der Waals surface area contributed by atoms with Gasteiger partial charge in [-0.1, -0.05) is 0 Å². The lowest BCUT2D eigenvalue weighted by atomic mass is 10.1. The zero-order valence-electron chi connectivity index (χ0n) is 10.4. The Morgan fingerprint density at radius 2 is 2.00 bits per heavy atom. The predicted molar refractivity (Wildman–Crippen MR) is 75.1 cm³/mol. The van der Waals surface area contributed by atoms with Gasteiger partial charge in [-0.25, -0.2) is 0 Å². The highest BCUT2D eigenvalue weighted by atomic mass is 79.9. The van der Waals surface area contributed by atoms with Gasteiger partial charge in [-0.3, -0.25) is 10.1 Å². The van der Waals surface area contributed by atoms with Crippen LogP contribution in [-0.4, -0.2) is 30.1 Å². The second-order valence-corrected chi connectivity index (χ2v) is 5.62. The Bertz CT molecular complexity index is 457. The summed E-state index contributed by atoms with van der Waals surface area (Å²) in [5, 5.41) is 14.2. The third-order valence-corrected chi connectivity index (χ3v) is 3.68. The van der Waals surface area contributed by atoms with E-state index in [-0.39, 0.29) is 10.6 Å². The van der Waals surface area contributed by atoms with Crippen LogP contribution in [0.1, 0.15) is 13.8 Å². The number of hydrogen-bond acceptors (Lipinski definition) is 4. The zero-order chi connectivity index (χ0) is 13.3. The van der Waals surface area contributed by atoms with Crippen molar-refractivity contribution in [2.24, 2.45) is 0 Å². The third-order valence-electron chi connectivity index (χ3n) is 3.04. The molecule has 18 heavy (non-hydrogen) atoms. The number of nitro benzene ring substituents is 1. The van der Waals surface area contributed by atoms with Crippen LogP contribution in [0.15, 0.2) is 22.7 Å². The zero-order valence-corrected chi connectivity index (χ0v) is 12.0. The predicted octanol–water partition coefficient (Wildman–Crippen LogP) is 2.54. The van der Waals surface area contributed by atoms with Gasteiger partial charge >= 0.3 is 0 Å². The van der Waals surface area contributed by atoms with Crippen LogP contribution in [0, 0.1) is 10.1 Å². The Balaban J connectivity index is 2.25. The van der Waals surface area contributed by atoms with Crippen molar-refractivity contribution in [3.63, 3.8) is 0 Å². The lowest BCUT2D eigenvalue weighted by molar-refractivity contribution is -0.384. The van der Waals surface area contributed by atoms with Gasteiger partial charge in [0.05, 0.1) is 10.6 Å². The summed E-state index contributed by atoms with van der Waals surface area (Å²) in [5.41, 5.74) is 1.13. The lowest BCUT2D eigenvalue weighted by Crippen LogP contribution is -2.54. The third kappa shape index (κ3) is 2.81. The van der Waals surface area contributed by atoms with Crippen LogP contribution in [-0.2, 0) is 0 Å². The number of rotatable bonds is 2. The molecule has 2 rings (SSSR count). The van der Waals surface area contributed by atoms with Gasteiger partial charge in [0.1, 0.15) is 0 Å². The van der Waals surface area contributed by atoms with Gasteiger partial charge in [-0.15, -0.1) is 0 Å². The van der Waals surface area contributed by atoms with E-state index in [1.807, 2.05) is 6.07 Å². The molecule has 98 valence electrons. The fraction of sp³-hybridized carbons (Fsp3) is 0.500. The van der Waals surface area contributed by atoms with Gasteiger partial charge in [-0.2, -0.15) is 0 Å². The summed E-state index contributed by atoms with van der Waals surface area (Å²) in [5.74, 6) is 0. The summed E-state index contributed by atoms with van der Waals surface area (Å²) in [6.45, 7) is 6.09. The number of benzene rings is 1. The highest BCUT2D eigenvalue weighted by Crippen LogP contribution is 2.31. The molecule has 5 nitrogen and oxygen atoms in total. The molecular weight excluding hydrogens is 298 g/mol. The maximum Gasteiger partial charge on any atom is 0.270 e. The topological polar surface area (TPSA) is 58.4 Å². The Labute approximate surface area is 114 Å². The number of halogens is 1. The van der Waals surface area contributed by atoms with Crippen LogP contribution < -0.4 is 10.2 Å². The molecule has 0 radical (unpaired) electrons. The average Bonchev–Trinajstić information content (AvgIpc) is 2.27. The van der Waals surface area contributed by atoms with Crippen LogP contribution in [0.25, 0.3) is 0 Å². The van der Waals surface area contributed by atoms with E-state index in [0.717, 1.165) is 23.2 Å². The maximum absolute atomic E-state index is 10.7. The van der Waals surface area contributed by atoms with E-state index >= 15 is 0 Å². The van der Waals surface area contributed by atoms with Crippen molar-refractivity contribution >= 4 is 27.3 Å². The summed E-state index contributed by atoms with van der Waals surface area (Å²) in [7, 11) is 0. The van der Waals surface area contributed by atoms with E-state index in [1.165, 1.54) is 0 Å². The minimum Gasteiger partial charge on any atom is -0.368 e. The first kappa shape index (κ1) is 13.3. The summed E-state index contributed by atoms with van der Waals surface area (Å²) in [4.78, 5) is 12.6. The number of non-ortho nitro benzene ring substituents is 1. The molecule has 1 aliphatic rings. The number of nitrogens with zero attached hydrogens (tertiary/aromatic N) is 2. The standard InChI is InChI=1S/C12H16BrN3O2/c1-8-6-15(7-9(2)14-8)12-4-3-10(16(17)18)5-11(12)13/h3-5,8-9,14H,6-7H2,1-2H3. The molecule has 2 atom stereocenters. The van der Waals surface area contributed by atoms with E-state index in [0.29, 0.717) is 12.1 Å². The molecule has 0 aliphatic carbocycles. The Morgan fingerprint density at radius 3 is 2.50 bits per heavy atom. The van der Waals surface area contributed by atoms with Gasteiger partial charge in [0.15, 0.2) is 0 Å². The quantitative estimate of drug-likeness (QED) is 0.673. The molecule has 0 aromatic heterocycles. The second kappa shape index (κ2) is 5.24. The Morgan fingerprint density at radius 1 is 1.39 bits per heavy atom. The Kier molecular flexibility index (Phi) is 3.87. The van der Waals surface area contributed by atoms with Crippen LogP contribution in [0.2, 0.25) is 0 Å². The molecule has 1 heterocycles. The molecule has 1 N–H and O–H groups in total. The van der Waals surface area contributed by atoms with Crippen molar-refractivity contribution in [1.82, 2.24) is 5.32 Å². The number of anilines is 1. The van der Waals surface area contributed by atoms with Crippen molar-refractivity contribution < 1.29 is 4.92 Å². The first-order chi connectivity index (χ1) is 8.47. The van der Waals surface area contributed by atoms with E-state index < -0.39 is 0 Å². The number of nitrogens with one attached hydrogen (secondary N) is 1. The smallest absolute Gasteiger partial charge is 0.270 e. The molecule has 1 aliphatic heterocycles. The van der Waals surface area contributed by atoms with Gasteiger partial charge < -0.3 is 10.2 Å². The highest BCUT2D eigenvalue weighted by molar-refractivity contribution is 9.10. The maximum atomic E-state index is 10.7. The van der Waals surface area contributed by atoms with E-state index in [2.05, 4.69) is 40.0 Å². The number of hydrogen-bond donors (Lipinski definition) is 1. The molecule has 1 aromatic carbocycles. The lowest BCUT2D eigenvalue weighted by Gasteiger charge is -2.38. The number of nitro groups is 1. The monoisotopic (exact) mass is 313 g/mol. The fourth-order valence-electron chi connectivity index (χ4n) is 2.39. The van der Waals surface area contributed by atoms with Crippen molar-refractivity contribution in [3.8, 4) is 0 Å². The molecule has 1 fully saturated rings. The largest absolute Gasteiger partial charge is 0.368 e. The summed E-state index contributed by atoms with van der Waals surface area (Å²) < 4.78 is 0.776. The van der Waals surface area contributed by atoms with Crippen LogP contribution in [0.4, 0.5) is 11.4 Å². The summed E-state index contributed by atoms with van der Waals surface area (Å²) in [6.07, 6.45) is 0. The highest BCUT2D eigenvalue weighted by Gasteiger charge is 2.23. The van der Waals surface area contributed by atoms with E-state index in [9.17, 15) is 10.1 Å². The summed E-state index contributed by atoms with van der Waals surface area (Å²) in [6, 6.07) is 5.75. The van der Waals surface area contributed by atoms with Crippen molar-refractivity contribution in [3.05, 3.63) is 32.8 Å². The normalized spacial score (nSPS) is 24.1. The molecule has 1 saturated heterocycles. The van der Waals surface area contributed by atoms with Crippen LogP contribution in [0.3, 0.4) is 0 Å². The molecule has 0 bridgehead atoms. The fourth-order valence-corrected chi connectivity index (χ4v) is 3.01. The molecule has 0 spiro atoms. The van der Waals surface area contributed by atoms with Gasteiger partial charge in [0.25, 0.3) is 5.69 Å². The van der Waals surface area contributed by atoms with E-state index in [1.54, 1.807) is 12.1 Å². The van der Waals surface area contributed by atoms with Gasteiger partial charge in [-0.05, 0) is 35.8 Å². The summed E-state index contributed by atoms with van der Waals surface area (Å²) >= 11 is 3.42. The Hall–Kier alpha value is -1.14. The van der Waals surface area contributed by atoms with Gasteiger partial charge in [0, 0.05) is 41.8 Å². The van der Waals surface area contributed by atoms with E-state index in [4.69, 9.17) is 0 Å². The molecule has 6 heteroatoms. The average molecular weight is 314 g/mol. The van der Waals surface area contributed by atoms with Crippen molar-refractivity contribution in [1.29, 1.82) is 0 Å². The molecule has 0 amide bonds. The van der Waals surface area contributed by atoms with Crippen LogP contribution >= 0.6 is 15.9 Å². The SMILES string of the molecule is CC1CN(c2ccc([N+](=O)[O-])cc2Br)CC(C)N1. The number of piperazine rings is 1. The molecule has 2 unspecified atom stereocenters. The van der Waals surface area contributed by atoms with Gasteiger partial charge in [0.2, 0.25) is 0 Å². The molecule has 1 aromatic rings. The molecule has 0 saturated carbocycles. The second-order valence-electron chi connectivity index (χ2n) is 4.77. The first-order valence-corrected chi connectivity index (χ1v) is 6.71. The molecular formula is C12H16BrN3O2. The minimum atomic E-state index is -0.377.